The van der Waals surface area contributed by atoms with Crippen LogP contribution in [0.15, 0.2) is 29.1 Å². The highest BCUT2D eigenvalue weighted by Gasteiger charge is 2.29. The maximum atomic E-state index is 12.4. The van der Waals surface area contributed by atoms with Gasteiger partial charge in [0.15, 0.2) is 0 Å². The van der Waals surface area contributed by atoms with Crippen molar-refractivity contribution in [1.82, 2.24) is 15.3 Å². The Bertz CT molecular complexity index is 935. The number of H-pyrrole nitrogens is 1. The van der Waals surface area contributed by atoms with Crippen molar-refractivity contribution in [2.45, 2.75) is 39.0 Å². The zero-order valence-electron chi connectivity index (χ0n) is 15.8. The van der Waals surface area contributed by atoms with Gasteiger partial charge in [-0.25, -0.2) is 4.98 Å². The van der Waals surface area contributed by atoms with Crippen molar-refractivity contribution in [3.05, 3.63) is 57.3 Å². The van der Waals surface area contributed by atoms with E-state index in [1.165, 1.54) is 0 Å². The minimum Gasteiger partial charge on any atom is -0.355 e. The largest absolute Gasteiger partial charge is 0.355 e. The molecule has 0 radical (unpaired) electrons. The number of aromatic nitrogens is 2. The molecule has 0 unspecified atom stereocenters. The number of fused-ring (bicyclic) bond motifs is 1. The first-order chi connectivity index (χ1) is 12.9. The van der Waals surface area contributed by atoms with Crippen LogP contribution < -0.4 is 15.8 Å². The molecular weight excluding hydrogens is 344 g/mol. The van der Waals surface area contributed by atoms with Crippen LogP contribution in [0.3, 0.4) is 0 Å². The summed E-state index contributed by atoms with van der Waals surface area (Å²) in [6, 6.07) is 7.72. The highest BCUT2D eigenvalue weighted by atomic mass is 16.2. The first-order valence-corrected chi connectivity index (χ1v) is 9.11. The number of carbonyl (C=O) groups is 2. The average Bonchev–Trinajstić information content (AvgIpc) is 2.66. The maximum absolute atomic E-state index is 12.4. The van der Waals surface area contributed by atoms with Gasteiger partial charge in [0.2, 0.25) is 11.8 Å². The van der Waals surface area contributed by atoms with Gasteiger partial charge in [-0.3, -0.25) is 14.4 Å². The molecule has 27 heavy (non-hydrogen) atoms. The van der Waals surface area contributed by atoms with Crippen LogP contribution in [0.2, 0.25) is 0 Å². The molecule has 2 N–H and O–H groups in total. The molecule has 1 aliphatic heterocycles. The lowest BCUT2D eigenvalue weighted by Gasteiger charge is -2.31. The Hall–Kier alpha value is -2.96. The molecule has 142 valence electrons. The number of hydrogen-bond acceptors (Lipinski definition) is 4. The average molecular weight is 368 g/mol. The lowest BCUT2D eigenvalue weighted by atomic mass is 9.89. The molecule has 1 atom stereocenters. The summed E-state index contributed by atoms with van der Waals surface area (Å²) >= 11 is 0. The predicted octanol–water partition coefficient (Wildman–Crippen LogP) is 1.45. The van der Waals surface area contributed by atoms with E-state index in [0.29, 0.717) is 36.5 Å². The van der Waals surface area contributed by atoms with Gasteiger partial charge in [0, 0.05) is 49.3 Å². The molecule has 0 saturated carbocycles. The number of aryl methyl sites for hydroxylation is 2. The summed E-state index contributed by atoms with van der Waals surface area (Å²) in [5.41, 5.74) is 2.60. The molecular formula is C20H24N4O3. The van der Waals surface area contributed by atoms with E-state index in [1.807, 2.05) is 31.2 Å². The molecule has 7 heteroatoms. The minimum atomic E-state index is -0.269. The summed E-state index contributed by atoms with van der Waals surface area (Å²) in [5.74, 6) is 0.315. The maximum Gasteiger partial charge on any atom is 0.254 e. The zero-order valence-corrected chi connectivity index (χ0v) is 15.8. The molecule has 7 nitrogen and oxygen atoms in total. The molecule has 2 amide bonds. The van der Waals surface area contributed by atoms with Crippen molar-refractivity contribution in [3.8, 4) is 0 Å². The number of rotatable bonds is 5. The molecule has 2 heterocycles. The molecule has 0 bridgehead atoms. The number of benzene rings is 1. The van der Waals surface area contributed by atoms with Crippen LogP contribution in [0.5, 0.6) is 0 Å². The summed E-state index contributed by atoms with van der Waals surface area (Å²) in [6.07, 6.45) is 0.951. The van der Waals surface area contributed by atoms with Gasteiger partial charge in [0.05, 0.1) is 6.42 Å². The lowest BCUT2D eigenvalue weighted by Crippen LogP contribution is -2.38. The Labute approximate surface area is 157 Å². The molecule has 0 fully saturated rings. The molecule has 0 spiro atoms. The van der Waals surface area contributed by atoms with E-state index in [9.17, 15) is 14.4 Å². The van der Waals surface area contributed by atoms with E-state index in [1.54, 1.807) is 18.9 Å². The molecule has 1 aromatic heterocycles. The summed E-state index contributed by atoms with van der Waals surface area (Å²) in [5, 5.41) is 2.87. The quantitative estimate of drug-likeness (QED) is 0.835. The Morgan fingerprint density at radius 2 is 2.07 bits per heavy atom. The van der Waals surface area contributed by atoms with Crippen molar-refractivity contribution < 1.29 is 9.59 Å². The zero-order chi connectivity index (χ0) is 19.6. The van der Waals surface area contributed by atoms with Gasteiger partial charge in [-0.05, 0) is 18.6 Å². The summed E-state index contributed by atoms with van der Waals surface area (Å²) in [4.78, 5) is 45.4. The van der Waals surface area contributed by atoms with Crippen LogP contribution >= 0.6 is 0 Å². The highest BCUT2D eigenvalue weighted by Crippen LogP contribution is 2.34. The third-order valence-electron chi connectivity index (χ3n) is 5.02. The second-order valence-corrected chi connectivity index (χ2v) is 6.82. The molecule has 3 rings (SSSR count). The van der Waals surface area contributed by atoms with Crippen LogP contribution in [-0.4, -0.2) is 35.4 Å². The molecule has 1 aliphatic rings. The van der Waals surface area contributed by atoms with Crippen molar-refractivity contribution >= 4 is 17.5 Å². The SMILES string of the molecule is CCc1nc(C)c(CC(=O)NC[C@H]2CC(=O)N(C)c3ccccc32)c(=O)[nH]1. The monoisotopic (exact) mass is 368 g/mol. The molecule has 0 aliphatic carbocycles. The molecule has 1 aromatic carbocycles. The van der Waals surface area contributed by atoms with Crippen LogP contribution in [0.1, 0.15) is 41.9 Å². The number of hydrogen-bond donors (Lipinski definition) is 2. The Morgan fingerprint density at radius 1 is 1.33 bits per heavy atom. The van der Waals surface area contributed by atoms with Crippen molar-refractivity contribution in [3.63, 3.8) is 0 Å². The fourth-order valence-corrected chi connectivity index (χ4v) is 3.42. The second kappa shape index (κ2) is 7.73. The van der Waals surface area contributed by atoms with Crippen LogP contribution in [0.4, 0.5) is 5.69 Å². The number of amides is 2. The topological polar surface area (TPSA) is 95.2 Å². The fraction of sp³-hybridized carbons (Fsp3) is 0.400. The Morgan fingerprint density at radius 3 is 2.78 bits per heavy atom. The third-order valence-corrected chi connectivity index (χ3v) is 5.02. The van der Waals surface area contributed by atoms with E-state index >= 15 is 0 Å². The van der Waals surface area contributed by atoms with Gasteiger partial charge in [0.1, 0.15) is 5.82 Å². The summed E-state index contributed by atoms with van der Waals surface area (Å²) < 4.78 is 0. The van der Waals surface area contributed by atoms with Gasteiger partial charge in [-0.15, -0.1) is 0 Å². The van der Waals surface area contributed by atoms with Gasteiger partial charge >= 0.3 is 0 Å². The van der Waals surface area contributed by atoms with E-state index in [2.05, 4.69) is 15.3 Å². The van der Waals surface area contributed by atoms with Crippen LogP contribution in [0.25, 0.3) is 0 Å². The Kier molecular flexibility index (Phi) is 5.39. The van der Waals surface area contributed by atoms with Crippen LogP contribution in [0, 0.1) is 6.92 Å². The van der Waals surface area contributed by atoms with Crippen molar-refractivity contribution in [1.29, 1.82) is 0 Å². The van der Waals surface area contributed by atoms with Gasteiger partial charge in [0.25, 0.3) is 5.56 Å². The van der Waals surface area contributed by atoms with E-state index in [0.717, 1.165) is 11.3 Å². The van der Waals surface area contributed by atoms with E-state index in [4.69, 9.17) is 0 Å². The lowest BCUT2D eigenvalue weighted by molar-refractivity contribution is -0.122. The predicted molar refractivity (Wildman–Crippen MR) is 103 cm³/mol. The number of carbonyl (C=O) groups excluding carboxylic acids is 2. The normalized spacial score (nSPS) is 16.2. The first kappa shape index (κ1) is 18.8. The number of nitrogens with one attached hydrogen (secondary N) is 2. The molecule has 2 aromatic rings. The minimum absolute atomic E-state index is 0.0274. The second-order valence-electron chi connectivity index (χ2n) is 6.82. The van der Waals surface area contributed by atoms with Gasteiger partial charge in [-0.1, -0.05) is 25.1 Å². The fourth-order valence-electron chi connectivity index (χ4n) is 3.42. The highest BCUT2D eigenvalue weighted by molar-refractivity contribution is 5.96. The van der Waals surface area contributed by atoms with Gasteiger partial charge < -0.3 is 15.2 Å². The smallest absolute Gasteiger partial charge is 0.254 e. The summed E-state index contributed by atoms with van der Waals surface area (Å²) in [7, 11) is 1.76. The Balaban J connectivity index is 1.69. The third kappa shape index (κ3) is 3.92. The molecule has 0 saturated heterocycles. The number of aromatic amines is 1. The number of nitrogens with zero attached hydrogens (tertiary/aromatic N) is 2. The first-order valence-electron chi connectivity index (χ1n) is 9.11. The van der Waals surface area contributed by atoms with Crippen molar-refractivity contribution in [2.75, 3.05) is 18.5 Å². The standard InChI is InChI=1S/C20H24N4O3/c1-4-17-22-12(2)15(20(27)23-17)10-18(25)21-11-13-9-19(26)24(3)16-8-6-5-7-14(13)16/h5-8,13H,4,9-11H2,1-3H3,(H,21,25)(H,22,23,27)/t13-/m1/s1. The summed E-state index contributed by atoms with van der Waals surface area (Å²) in [6.45, 7) is 4.00. The van der Waals surface area contributed by atoms with E-state index in [-0.39, 0.29) is 29.7 Å². The van der Waals surface area contributed by atoms with Crippen LogP contribution in [-0.2, 0) is 22.4 Å². The van der Waals surface area contributed by atoms with E-state index < -0.39 is 0 Å². The van der Waals surface area contributed by atoms with Gasteiger partial charge in [-0.2, -0.15) is 0 Å². The van der Waals surface area contributed by atoms with Crippen molar-refractivity contribution in [2.24, 2.45) is 0 Å². The number of anilines is 1. The number of para-hydroxylation sites is 1.